The minimum absolute atomic E-state index is 0.136. The lowest BCUT2D eigenvalue weighted by Gasteiger charge is -2.19. The smallest absolute Gasteiger partial charge is 0.175 e. The van der Waals surface area contributed by atoms with Crippen molar-refractivity contribution in [1.82, 2.24) is 5.32 Å². The molecule has 4 atom stereocenters. The molecule has 136 valence electrons. The monoisotopic (exact) mass is 357 g/mol. The van der Waals surface area contributed by atoms with Gasteiger partial charge in [0, 0.05) is 18.2 Å². The maximum absolute atomic E-state index is 11.4. The molecule has 6 nitrogen and oxygen atoms in total. The third kappa shape index (κ3) is 4.92. The van der Waals surface area contributed by atoms with Crippen LogP contribution in [0.2, 0.25) is 0 Å². The van der Waals surface area contributed by atoms with E-state index in [1.54, 1.807) is 12.1 Å². The number of aliphatic hydroxyl groups is 2. The lowest BCUT2D eigenvalue weighted by molar-refractivity contribution is 0.00202. The van der Waals surface area contributed by atoms with Gasteiger partial charge in [0.05, 0.1) is 23.7 Å². The van der Waals surface area contributed by atoms with Gasteiger partial charge in [-0.2, -0.15) is 0 Å². The van der Waals surface area contributed by atoms with Gasteiger partial charge < -0.3 is 20.3 Å². The van der Waals surface area contributed by atoms with E-state index in [1.165, 1.54) is 12.1 Å². The van der Waals surface area contributed by atoms with Crippen LogP contribution in [0.5, 0.6) is 5.75 Å². The van der Waals surface area contributed by atoms with Crippen LogP contribution in [0.4, 0.5) is 0 Å². The molecule has 24 heavy (non-hydrogen) atoms. The van der Waals surface area contributed by atoms with Crippen molar-refractivity contribution in [2.45, 2.75) is 43.4 Å². The molecule has 0 bridgehead atoms. The molecule has 0 saturated heterocycles. The average molecular weight is 357 g/mol. The summed E-state index contributed by atoms with van der Waals surface area (Å²) in [4.78, 5) is 0.240. The standard InChI is InChI=1S/C17H27NO5S/c1-11(2)9-18-15-8-12(16(19)17(15)20)10-23-13-4-6-14(7-5-13)24(3,21)22/h4-7,11-12,15-20H,8-10H2,1-3H3/t12-,15-,16-,17+/m1/s1. The minimum atomic E-state index is -3.22. The van der Waals surface area contributed by atoms with Crippen molar-refractivity contribution >= 4 is 9.84 Å². The van der Waals surface area contributed by atoms with E-state index in [0.29, 0.717) is 18.1 Å². The first kappa shape index (κ1) is 19.2. The first-order valence-corrected chi connectivity index (χ1v) is 10.1. The topological polar surface area (TPSA) is 95.9 Å². The van der Waals surface area contributed by atoms with E-state index in [1.807, 2.05) is 0 Å². The van der Waals surface area contributed by atoms with Gasteiger partial charge in [-0.25, -0.2) is 8.42 Å². The summed E-state index contributed by atoms with van der Waals surface area (Å²) in [6.07, 6.45) is 0.162. The molecule has 7 heteroatoms. The van der Waals surface area contributed by atoms with Crippen molar-refractivity contribution in [3.63, 3.8) is 0 Å². The second kappa shape index (κ2) is 7.82. The Morgan fingerprint density at radius 3 is 2.38 bits per heavy atom. The van der Waals surface area contributed by atoms with Crippen LogP contribution in [0, 0.1) is 11.8 Å². The Hall–Kier alpha value is -1.15. The zero-order chi connectivity index (χ0) is 17.9. The molecule has 0 heterocycles. The quantitative estimate of drug-likeness (QED) is 0.669. The molecular formula is C17H27NO5S. The first-order valence-electron chi connectivity index (χ1n) is 8.21. The van der Waals surface area contributed by atoms with Crippen molar-refractivity contribution in [2.75, 3.05) is 19.4 Å². The van der Waals surface area contributed by atoms with Crippen LogP contribution in [0.15, 0.2) is 29.2 Å². The maximum Gasteiger partial charge on any atom is 0.175 e. The van der Waals surface area contributed by atoms with Crippen LogP contribution < -0.4 is 10.1 Å². The van der Waals surface area contributed by atoms with Crippen molar-refractivity contribution in [1.29, 1.82) is 0 Å². The third-order valence-electron chi connectivity index (χ3n) is 4.31. The Morgan fingerprint density at radius 2 is 1.83 bits per heavy atom. The average Bonchev–Trinajstić information content (AvgIpc) is 2.78. The van der Waals surface area contributed by atoms with Gasteiger partial charge in [-0.3, -0.25) is 0 Å². The first-order chi connectivity index (χ1) is 11.2. The molecule has 1 fully saturated rings. The molecule has 0 amide bonds. The molecular weight excluding hydrogens is 330 g/mol. The van der Waals surface area contributed by atoms with Crippen LogP contribution in [0.25, 0.3) is 0 Å². The highest BCUT2D eigenvalue weighted by Crippen LogP contribution is 2.28. The van der Waals surface area contributed by atoms with Gasteiger partial charge in [-0.05, 0) is 43.1 Å². The summed E-state index contributed by atoms with van der Waals surface area (Å²) in [6, 6.07) is 6.06. The number of nitrogens with one attached hydrogen (secondary N) is 1. The number of hydrogen-bond acceptors (Lipinski definition) is 6. The van der Waals surface area contributed by atoms with Crippen molar-refractivity contribution in [3.8, 4) is 5.75 Å². The molecule has 0 spiro atoms. The maximum atomic E-state index is 11.4. The van der Waals surface area contributed by atoms with Crippen LogP contribution in [0.3, 0.4) is 0 Å². The SMILES string of the molecule is CC(C)CN[C@@H]1C[C@H](COc2ccc(S(C)(=O)=O)cc2)[C@@H](O)[C@H]1O. The molecule has 3 N–H and O–H groups in total. The molecule has 0 aromatic heterocycles. The van der Waals surface area contributed by atoms with Crippen LogP contribution in [-0.4, -0.2) is 56.3 Å². The lowest BCUT2D eigenvalue weighted by Crippen LogP contribution is -2.41. The van der Waals surface area contributed by atoms with Crippen LogP contribution in [0.1, 0.15) is 20.3 Å². The van der Waals surface area contributed by atoms with Crippen molar-refractivity contribution < 1.29 is 23.4 Å². The van der Waals surface area contributed by atoms with Gasteiger partial charge in [0.15, 0.2) is 9.84 Å². The molecule has 2 rings (SSSR count). The Labute approximate surface area is 143 Å². The van der Waals surface area contributed by atoms with Gasteiger partial charge in [0.2, 0.25) is 0 Å². The number of ether oxygens (including phenoxy) is 1. The minimum Gasteiger partial charge on any atom is -0.493 e. The Kier molecular flexibility index (Phi) is 6.25. The predicted octanol–water partition coefficient (Wildman–Crippen LogP) is 0.825. The zero-order valence-electron chi connectivity index (χ0n) is 14.3. The summed E-state index contributed by atoms with van der Waals surface area (Å²) in [5, 5.41) is 23.6. The third-order valence-corrected chi connectivity index (χ3v) is 5.43. The Balaban J connectivity index is 1.90. The van der Waals surface area contributed by atoms with E-state index in [4.69, 9.17) is 4.74 Å². The highest BCUT2D eigenvalue weighted by atomic mass is 32.2. The molecule has 0 unspecified atom stereocenters. The molecule has 1 saturated carbocycles. The molecule has 1 aliphatic carbocycles. The number of benzene rings is 1. The normalized spacial score (nSPS) is 27.6. The van der Waals surface area contributed by atoms with Crippen LogP contribution >= 0.6 is 0 Å². The Morgan fingerprint density at radius 1 is 1.21 bits per heavy atom. The summed E-state index contributed by atoms with van der Waals surface area (Å²) >= 11 is 0. The number of sulfone groups is 1. The predicted molar refractivity (Wildman–Crippen MR) is 91.8 cm³/mol. The van der Waals surface area contributed by atoms with Gasteiger partial charge in [0.1, 0.15) is 5.75 Å². The highest BCUT2D eigenvalue weighted by Gasteiger charge is 2.41. The fourth-order valence-corrected chi connectivity index (χ4v) is 3.50. The second-order valence-electron chi connectivity index (χ2n) is 6.94. The largest absolute Gasteiger partial charge is 0.493 e. The summed E-state index contributed by atoms with van der Waals surface area (Å²) in [7, 11) is -3.22. The van der Waals surface area contributed by atoms with E-state index in [0.717, 1.165) is 12.8 Å². The summed E-state index contributed by atoms with van der Waals surface area (Å²) < 4.78 is 28.5. The van der Waals surface area contributed by atoms with E-state index in [-0.39, 0.29) is 23.5 Å². The molecule has 1 aromatic rings. The molecule has 0 aliphatic heterocycles. The van der Waals surface area contributed by atoms with E-state index >= 15 is 0 Å². The molecule has 0 radical (unpaired) electrons. The number of rotatable bonds is 7. The zero-order valence-corrected chi connectivity index (χ0v) is 15.2. The van der Waals surface area contributed by atoms with Gasteiger partial charge >= 0.3 is 0 Å². The van der Waals surface area contributed by atoms with Gasteiger partial charge in [-0.15, -0.1) is 0 Å². The number of hydrogen-bond donors (Lipinski definition) is 3. The van der Waals surface area contributed by atoms with Gasteiger partial charge in [0.25, 0.3) is 0 Å². The highest BCUT2D eigenvalue weighted by molar-refractivity contribution is 7.90. The van der Waals surface area contributed by atoms with Crippen molar-refractivity contribution in [2.24, 2.45) is 11.8 Å². The summed E-state index contributed by atoms with van der Waals surface area (Å²) in [6.45, 7) is 5.24. The second-order valence-corrected chi connectivity index (χ2v) is 8.96. The summed E-state index contributed by atoms with van der Waals surface area (Å²) in [5.41, 5.74) is 0. The Bertz CT molecular complexity index is 629. The fraction of sp³-hybridized carbons (Fsp3) is 0.647. The molecule has 1 aromatic carbocycles. The summed E-state index contributed by atoms with van der Waals surface area (Å²) in [5.74, 6) is 0.847. The fourth-order valence-electron chi connectivity index (χ4n) is 2.87. The number of aliphatic hydroxyl groups excluding tert-OH is 2. The lowest BCUT2D eigenvalue weighted by atomic mass is 10.1. The van der Waals surface area contributed by atoms with E-state index < -0.39 is 22.0 Å². The van der Waals surface area contributed by atoms with Gasteiger partial charge in [-0.1, -0.05) is 13.8 Å². The van der Waals surface area contributed by atoms with Crippen molar-refractivity contribution in [3.05, 3.63) is 24.3 Å². The van der Waals surface area contributed by atoms with E-state index in [2.05, 4.69) is 19.2 Å². The molecule has 1 aliphatic rings. The van der Waals surface area contributed by atoms with E-state index in [9.17, 15) is 18.6 Å². The van der Waals surface area contributed by atoms with Crippen LogP contribution in [-0.2, 0) is 9.84 Å².